The molecule has 3 heterocycles. The molecule has 0 aliphatic carbocycles. The van der Waals surface area contributed by atoms with Crippen molar-refractivity contribution in [3.05, 3.63) is 22.7 Å². The lowest BCUT2D eigenvalue weighted by molar-refractivity contribution is -0.137. The number of hydrogen-bond acceptors (Lipinski definition) is 8. The van der Waals surface area contributed by atoms with Crippen molar-refractivity contribution in [1.29, 1.82) is 0 Å². The minimum atomic E-state index is -1.50. The second-order valence-electron chi connectivity index (χ2n) is 6.60. The first-order chi connectivity index (χ1) is 12.9. The van der Waals surface area contributed by atoms with Crippen LogP contribution in [0, 0.1) is 0 Å². The van der Waals surface area contributed by atoms with Gasteiger partial charge in [0.25, 0.3) is 5.91 Å². The maximum absolute atomic E-state index is 12.3. The average molecular weight is 381 g/mol. The summed E-state index contributed by atoms with van der Waals surface area (Å²) in [6.07, 6.45) is -2.31. The summed E-state index contributed by atoms with van der Waals surface area (Å²) in [5.41, 5.74) is 4.66. The van der Waals surface area contributed by atoms with E-state index in [4.69, 9.17) is 10.5 Å². The van der Waals surface area contributed by atoms with E-state index in [2.05, 4.69) is 10.3 Å². The van der Waals surface area contributed by atoms with Gasteiger partial charge in [-0.15, -0.1) is 0 Å². The molecule has 27 heavy (non-hydrogen) atoms. The second-order valence-corrected chi connectivity index (χ2v) is 6.60. The minimum absolute atomic E-state index is 0.00932. The normalized spacial score (nSPS) is 27.9. The fourth-order valence-corrected chi connectivity index (χ4v) is 3.25. The summed E-state index contributed by atoms with van der Waals surface area (Å²) in [6.45, 7) is 1.57. The van der Waals surface area contributed by atoms with Gasteiger partial charge in [0.15, 0.2) is 12.3 Å². The van der Waals surface area contributed by atoms with Crippen molar-refractivity contribution in [3.63, 3.8) is 0 Å². The van der Waals surface area contributed by atoms with E-state index < -0.39 is 36.1 Å². The Hall–Kier alpha value is -2.50. The average Bonchev–Trinajstić information content (AvgIpc) is 3.16. The molecule has 4 atom stereocenters. The molecule has 5 N–H and O–H groups in total. The molecular weight excluding hydrogens is 358 g/mol. The van der Waals surface area contributed by atoms with E-state index in [1.165, 1.54) is 12.3 Å². The zero-order chi connectivity index (χ0) is 19.6. The van der Waals surface area contributed by atoms with Crippen molar-refractivity contribution >= 4 is 17.6 Å². The molecular formula is C16H23N5O6. The van der Waals surface area contributed by atoms with Crippen LogP contribution in [0.2, 0.25) is 0 Å². The Kier molecular flexibility index (Phi) is 5.73. The summed E-state index contributed by atoms with van der Waals surface area (Å²) in [6, 6.07) is 1.34. The van der Waals surface area contributed by atoms with Crippen LogP contribution in [-0.2, 0) is 14.3 Å². The van der Waals surface area contributed by atoms with Crippen LogP contribution >= 0.6 is 0 Å². The Morgan fingerprint density at radius 2 is 2.15 bits per heavy atom. The van der Waals surface area contributed by atoms with Crippen molar-refractivity contribution in [2.24, 2.45) is 0 Å². The second kappa shape index (κ2) is 8.03. The molecule has 2 fully saturated rings. The molecule has 0 spiro atoms. The Morgan fingerprint density at radius 3 is 2.81 bits per heavy atom. The van der Waals surface area contributed by atoms with Gasteiger partial charge in [-0.2, -0.15) is 4.98 Å². The van der Waals surface area contributed by atoms with Gasteiger partial charge in [0, 0.05) is 32.3 Å². The molecule has 0 radical (unpaired) electrons. The molecule has 0 saturated carbocycles. The van der Waals surface area contributed by atoms with Crippen LogP contribution in [0.3, 0.4) is 0 Å². The molecule has 11 heteroatoms. The molecule has 11 nitrogen and oxygen atoms in total. The molecule has 1 aromatic heterocycles. The van der Waals surface area contributed by atoms with Gasteiger partial charge >= 0.3 is 5.69 Å². The minimum Gasteiger partial charge on any atom is -0.387 e. The van der Waals surface area contributed by atoms with Gasteiger partial charge in [-0.25, -0.2) is 4.79 Å². The van der Waals surface area contributed by atoms with Crippen molar-refractivity contribution in [1.82, 2.24) is 19.8 Å². The smallest absolute Gasteiger partial charge is 0.351 e. The van der Waals surface area contributed by atoms with Gasteiger partial charge in [0.1, 0.15) is 18.0 Å². The molecule has 0 bridgehead atoms. The molecule has 148 valence electrons. The van der Waals surface area contributed by atoms with Crippen LogP contribution in [0.4, 0.5) is 5.82 Å². The van der Waals surface area contributed by atoms with Crippen molar-refractivity contribution < 1.29 is 24.5 Å². The number of nitrogens with two attached hydrogens (primary N) is 1. The lowest BCUT2D eigenvalue weighted by Crippen LogP contribution is -2.43. The van der Waals surface area contributed by atoms with Crippen LogP contribution < -0.4 is 16.7 Å². The predicted molar refractivity (Wildman–Crippen MR) is 92.3 cm³/mol. The number of rotatable bonds is 6. The third-order valence-electron chi connectivity index (χ3n) is 4.70. The molecule has 2 saturated heterocycles. The summed E-state index contributed by atoms with van der Waals surface area (Å²) in [5.74, 6) is -0.479. The molecule has 2 aliphatic rings. The van der Waals surface area contributed by atoms with Gasteiger partial charge in [0.05, 0.1) is 0 Å². The number of carbonyl (C=O) groups is 2. The van der Waals surface area contributed by atoms with Crippen molar-refractivity contribution in [3.8, 4) is 0 Å². The third-order valence-corrected chi connectivity index (χ3v) is 4.70. The van der Waals surface area contributed by atoms with Gasteiger partial charge in [-0.05, 0) is 18.9 Å². The van der Waals surface area contributed by atoms with E-state index in [9.17, 15) is 24.6 Å². The van der Waals surface area contributed by atoms with Gasteiger partial charge < -0.3 is 30.9 Å². The third kappa shape index (κ3) is 4.10. The van der Waals surface area contributed by atoms with E-state index in [1.807, 2.05) is 0 Å². The molecule has 2 amide bonds. The summed E-state index contributed by atoms with van der Waals surface area (Å²) < 4.78 is 6.38. The number of anilines is 1. The van der Waals surface area contributed by atoms with E-state index >= 15 is 0 Å². The largest absolute Gasteiger partial charge is 0.387 e. The first-order valence-electron chi connectivity index (χ1n) is 8.80. The number of nitrogens with one attached hydrogen (secondary N) is 1. The van der Waals surface area contributed by atoms with E-state index in [0.717, 1.165) is 17.5 Å². The number of aliphatic hydroxyl groups excluding tert-OH is 2. The van der Waals surface area contributed by atoms with E-state index in [1.54, 1.807) is 4.90 Å². The molecule has 0 unspecified atom stereocenters. The Balaban J connectivity index is 1.54. The summed E-state index contributed by atoms with van der Waals surface area (Å²) >= 11 is 0. The zero-order valence-corrected chi connectivity index (χ0v) is 14.7. The summed E-state index contributed by atoms with van der Waals surface area (Å²) in [7, 11) is 0. The molecule has 2 aliphatic heterocycles. The number of hydrogen-bond donors (Lipinski definition) is 4. The van der Waals surface area contributed by atoms with Crippen LogP contribution in [0.25, 0.3) is 0 Å². The Morgan fingerprint density at radius 1 is 1.37 bits per heavy atom. The first-order valence-corrected chi connectivity index (χ1v) is 8.80. The van der Waals surface area contributed by atoms with Crippen molar-refractivity contribution in [2.75, 3.05) is 25.4 Å². The maximum Gasteiger partial charge on any atom is 0.351 e. The van der Waals surface area contributed by atoms with Crippen LogP contribution in [0.1, 0.15) is 25.5 Å². The lowest BCUT2D eigenvalue weighted by Gasteiger charge is -2.17. The highest BCUT2D eigenvalue weighted by Crippen LogP contribution is 2.28. The zero-order valence-electron chi connectivity index (χ0n) is 14.7. The highest BCUT2D eigenvalue weighted by molar-refractivity contribution is 5.82. The number of aliphatic hydroxyl groups is 2. The SMILES string of the molecule is Nc1ccn([C@@H]2O[C@H](C(=O)NCCCN3CCCC3=O)[C@@H](O)[C@H]2O)c(=O)n1. The molecule has 1 aromatic rings. The van der Waals surface area contributed by atoms with Crippen molar-refractivity contribution in [2.45, 2.75) is 43.8 Å². The van der Waals surface area contributed by atoms with Crippen LogP contribution in [0.5, 0.6) is 0 Å². The first kappa shape index (κ1) is 19.3. The predicted octanol–water partition coefficient (Wildman–Crippen LogP) is -2.43. The van der Waals surface area contributed by atoms with Crippen LogP contribution in [0.15, 0.2) is 17.1 Å². The summed E-state index contributed by atoms with van der Waals surface area (Å²) in [4.78, 5) is 41.0. The highest BCUT2D eigenvalue weighted by atomic mass is 16.6. The summed E-state index contributed by atoms with van der Waals surface area (Å²) in [5, 5.41) is 22.9. The van der Waals surface area contributed by atoms with Crippen LogP contribution in [-0.4, -0.2) is 74.4 Å². The lowest BCUT2D eigenvalue weighted by atomic mass is 10.1. The number of likely N-dealkylation sites (tertiary alicyclic amines) is 1. The highest BCUT2D eigenvalue weighted by Gasteiger charge is 2.47. The number of amides is 2. The topological polar surface area (TPSA) is 160 Å². The quantitative estimate of drug-likeness (QED) is 0.396. The Labute approximate surface area is 154 Å². The molecule has 3 rings (SSSR count). The van der Waals surface area contributed by atoms with Gasteiger partial charge in [-0.1, -0.05) is 0 Å². The standard InChI is InChI=1S/C16H23N5O6/c17-9-4-8-21(16(26)19-9)15-12(24)11(23)13(27-15)14(25)18-5-2-7-20-6-1-3-10(20)22/h4,8,11-13,15,23-24H,1-3,5-7H2,(H,18,25)(H2,17,19,26)/t11-,12+,13-,15+/m0/s1. The number of nitrogens with zero attached hydrogens (tertiary/aromatic N) is 3. The monoisotopic (exact) mass is 381 g/mol. The Bertz CT molecular complexity index is 768. The van der Waals surface area contributed by atoms with Gasteiger partial charge in [-0.3, -0.25) is 14.2 Å². The molecule has 0 aromatic carbocycles. The fraction of sp³-hybridized carbons (Fsp3) is 0.625. The number of nitrogen functional groups attached to an aromatic ring is 1. The van der Waals surface area contributed by atoms with E-state index in [-0.39, 0.29) is 11.7 Å². The van der Waals surface area contributed by atoms with E-state index in [0.29, 0.717) is 25.9 Å². The maximum atomic E-state index is 12.3. The number of ether oxygens (including phenoxy) is 1. The number of carbonyl (C=O) groups excluding carboxylic acids is 2. The van der Waals surface area contributed by atoms with Gasteiger partial charge in [0.2, 0.25) is 5.91 Å². The number of aromatic nitrogens is 2. The fourth-order valence-electron chi connectivity index (χ4n) is 3.25.